The Labute approximate surface area is 168 Å². The number of carbonyl (C=O) groups excluding carboxylic acids is 2. The molecule has 1 aliphatic carbocycles. The van der Waals surface area contributed by atoms with E-state index in [1.807, 2.05) is 6.92 Å². The van der Waals surface area contributed by atoms with E-state index in [0.717, 1.165) is 18.6 Å². The Balaban J connectivity index is 1.53. The van der Waals surface area contributed by atoms with Crippen molar-refractivity contribution in [3.63, 3.8) is 0 Å². The molecule has 8 heteroatoms. The molecular formula is C19H23ClN4O2S. The van der Waals surface area contributed by atoms with Crippen molar-refractivity contribution in [1.29, 1.82) is 0 Å². The summed E-state index contributed by atoms with van der Waals surface area (Å²) in [6, 6.07) is 6.84. The maximum Gasteiger partial charge on any atom is 0.240 e. The molecule has 1 heterocycles. The van der Waals surface area contributed by atoms with Gasteiger partial charge in [0.25, 0.3) is 0 Å². The van der Waals surface area contributed by atoms with Crippen LogP contribution in [0.5, 0.6) is 0 Å². The molecule has 1 saturated heterocycles. The van der Waals surface area contributed by atoms with Crippen LogP contribution in [0, 0.1) is 5.92 Å². The molecular weight excluding hydrogens is 384 g/mol. The van der Waals surface area contributed by atoms with Crippen LogP contribution in [0.2, 0.25) is 5.02 Å². The van der Waals surface area contributed by atoms with Gasteiger partial charge in [-0.1, -0.05) is 42.6 Å². The van der Waals surface area contributed by atoms with E-state index in [1.54, 1.807) is 24.3 Å². The Morgan fingerprint density at radius 2 is 1.96 bits per heavy atom. The van der Waals surface area contributed by atoms with Crippen LogP contribution < -0.4 is 10.6 Å². The third-order valence-corrected chi connectivity index (χ3v) is 6.09. The topological polar surface area (TPSA) is 82.9 Å². The zero-order valence-corrected chi connectivity index (χ0v) is 16.8. The lowest BCUT2D eigenvalue weighted by atomic mass is 9.86. The minimum atomic E-state index is -0.499. The van der Waals surface area contributed by atoms with Crippen LogP contribution in [0.15, 0.2) is 34.5 Å². The predicted molar refractivity (Wildman–Crippen MR) is 111 cm³/mol. The van der Waals surface area contributed by atoms with Crippen molar-refractivity contribution in [2.45, 2.75) is 50.7 Å². The summed E-state index contributed by atoms with van der Waals surface area (Å²) >= 11 is 7.08. The lowest BCUT2D eigenvalue weighted by Crippen LogP contribution is -2.28. The maximum atomic E-state index is 12.2. The molecule has 0 aromatic heterocycles. The third kappa shape index (κ3) is 5.81. The molecule has 1 aromatic carbocycles. The Bertz CT molecular complexity index is 757. The summed E-state index contributed by atoms with van der Waals surface area (Å²) in [4.78, 5) is 24.3. The second kappa shape index (κ2) is 9.37. The minimum Gasteiger partial charge on any atom is -0.326 e. The average Bonchev–Trinajstić information content (AvgIpc) is 3.01. The number of benzene rings is 1. The van der Waals surface area contributed by atoms with Gasteiger partial charge in [0, 0.05) is 22.8 Å². The van der Waals surface area contributed by atoms with Crippen LogP contribution in [0.4, 0.5) is 5.69 Å². The number of hydrogen-bond donors (Lipinski definition) is 2. The quantitative estimate of drug-likeness (QED) is 0.567. The van der Waals surface area contributed by atoms with Crippen LogP contribution in [0.1, 0.15) is 45.4 Å². The second-order valence-corrected chi connectivity index (χ2v) is 8.46. The number of amides is 2. The number of amidine groups is 1. The predicted octanol–water partition coefficient (Wildman–Crippen LogP) is 4.21. The molecule has 6 nitrogen and oxygen atoms in total. The Hall–Kier alpha value is -1.86. The van der Waals surface area contributed by atoms with E-state index in [-0.39, 0.29) is 18.2 Å². The van der Waals surface area contributed by atoms with Crippen molar-refractivity contribution >= 4 is 51.7 Å². The highest BCUT2D eigenvalue weighted by Crippen LogP contribution is 2.26. The van der Waals surface area contributed by atoms with Gasteiger partial charge in [0.05, 0.1) is 0 Å². The first-order valence-corrected chi connectivity index (χ1v) is 10.4. The fourth-order valence-electron chi connectivity index (χ4n) is 3.23. The van der Waals surface area contributed by atoms with Crippen LogP contribution in [0.3, 0.4) is 0 Å². The monoisotopic (exact) mass is 406 g/mol. The van der Waals surface area contributed by atoms with E-state index in [9.17, 15) is 9.59 Å². The van der Waals surface area contributed by atoms with E-state index in [4.69, 9.17) is 11.6 Å². The Morgan fingerprint density at radius 3 is 2.67 bits per heavy atom. The van der Waals surface area contributed by atoms with Crippen molar-refractivity contribution in [2.75, 3.05) is 5.32 Å². The number of hydrogen-bond acceptors (Lipinski definition) is 5. The highest BCUT2D eigenvalue weighted by atomic mass is 35.5. The van der Waals surface area contributed by atoms with Crippen LogP contribution in [-0.2, 0) is 9.59 Å². The van der Waals surface area contributed by atoms with Gasteiger partial charge in [-0.05, 0) is 49.9 Å². The molecule has 2 fully saturated rings. The summed E-state index contributed by atoms with van der Waals surface area (Å²) < 4.78 is 0. The average molecular weight is 407 g/mol. The summed E-state index contributed by atoms with van der Waals surface area (Å²) in [5.74, 6) is 0.0507. The number of anilines is 1. The number of halogens is 1. The summed E-state index contributed by atoms with van der Waals surface area (Å²) in [6.45, 7) is 2.00. The molecule has 2 aliphatic rings. The molecule has 1 aliphatic heterocycles. The van der Waals surface area contributed by atoms with Crippen molar-refractivity contribution < 1.29 is 9.59 Å². The molecule has 2 amide bonds. The van der Waals surface area contributed by atoms with Gasteiger partial charge in [-0.25, -0.2) is 0 Å². The van der Waals surface area contributed by atoms with E-state index < -0.39 is 5.25 Å². The lowest BCUT2D eigenvalue weighted by Gasteiger charge is -2.20. The van der Waals surface area contributed by atoms with Gasteiger partial charge in [0.1, 0.15) is 5.25 Å². The van der Waals surface area contributed by atoms with Gasteiger partial charge < -0.3 is 10.6 Å². The number of carbonyl (C=O) groups is 2. The number of nitrogens with one attached hydrogen (secondary N) is 2. The first kappa shape index (κ1) is 19.9. The minimum absolute atomic E-state index is 0.0729. The van der Waals surface area contributed by atoms with Gasteiger partial charge in [-0.2, -0.15) is 5.10 Å². The maximum absolute atomic E-state index is 12.2. The Morgan fingerprint density at radius 1 is 1.26 bits per heavy atom. The van der Waals surface area contributed by atoms with Crippen molar-refractivity contribution in [3.8, 4) is 0 Å². The van der Waals surface area contributed by atoms with Gasteiger partial charge in [-0.15, -0.1) is 5.10 Å². The lowest BCUT2D eigenvalue weighted by molar-refractivity contribution is -0.122. The number of rotatable bonds is 5. The van der Waals surface area contributed by atoms with E-state index in [2.05, 4.69) is 20.8 Å². The van der Waals surface area contributed by atoms with Crippen LogP contribution >= 0.6 is 23.4 Å². The summed E-state index contributed by atoms with van der Waals surface area (Å²) in [5.41, 5.74) is 1.66. The van der Waals surface area contributed by atoms with Gasteiger partial charge >= 0.3 is 0 Å². The molecule has 0 spiro atoms. The second-order valence-electron chi connectivity index (χ2n) is 6.84. The number of thioether (sulfide) groups is 1. The van der Waals surface area contributed by atoms with E-state index in [1.165, 1.54) is 31.0 Å². The molecule has 3 rings (SSSR count). The fourth-order valence-corrected chi connectivity index (χ4v) is 4.27. The first-order chi connectivity index (χ1) is 13.0. The molecule has 27 heavy (non-hydrogen) atoms. The number of nitrogens with zero attached hydrogens (tertiary/aromatic N) is 2. The SMILES string of the molecule is C/C(=N\N=C1/NC(=O)C(CC(=O)Nc2ccc(Cl)cc2)S1)C1CCCCC1. The smallest absolute Gasteiger partial charge is 0.240 e. The van der Waals surface area contributed by atoms with E-state index in [0.29, 0.717) is 21.8 Å². The van der Waals surface area contributed by atoms with Gasteiger partial charge in [-0.3, -0.25) is 9.59 Å². The molecule has 1 saturated carbocycles. The summed E-state index contributed by atoms with van der Waals surface area (Å²) in [6.07, 6.45) is 6.17. The largest absolute Gasteiger partial charge is 0.326 e. The van der Waals surface area contributed by atoms with Crippen LogP contribution in [-0.4, -0.2) is 27.9 Å². The first-order valence-electron chi connectivity index (χ1n) is 9.16. The summed E-state index contributed by atoms with van der Waals surface area (Å²) in [5, 5.41) is 14.5. The van der Waals surface area contributed by atoms with Crippen molar-refractivity contribution in [1.82, 2.24) is 5.32 Å². The zero-order valence-electron chi connectivity index (χ0n) is 15.2. The van der Waals surface area contributed by atoms with Crippen LogP contribution in [0.25, 0.3) is 0 Å². The molecule has 144 valence electrons. The Kier molecular flexibility index (Phi) is 6.90. The zero-order chi connectivity index (χ0) is 19.2. The van der Waals surface area contributed by atoms with Crippen molar-refractivity contribution in [3.05, 3.63) is 29.3 Å². The standard InChI is InChI=1S/C19H23ClN4O2S/c1-12(13-5-3-2-4-6-13)23-24-19-22-18(26)16(27-19)11-17(25)21-15-9-7-14(20)8-10-15/h7-10,13,16H,2-6,11H2,1H3,(H,21,25)(H,22,24,26)/b23-12+. The van der Waals surface area contributed by atoms with Gasteiger partial charge in [0.15, 0.2) is 5.17 Å². The molecule has 2 N–H and O–H groups in total. The fraction of sp³-hybridized carbons (Fsp3) is 0.474. The molecule has 1 atom stereocenters. The highest BCUT2D eigenvalue weighted by molar-refractivity contribution is 8.15. The van der Waals surface area contributed by atoms with E-state index >= 15 is 0 Å². The van der Waals surface area contributed by atoms with Crippen molar-refractivity contribution in [2.24, 2.45) is 16.1 Å². The normalized spacial score (nSPS) is 22.7. The summed E-state index contributed by atoms with van der Waals surface area (Å²) in [7, 11) is 0. The molecule has 1 unspecified atom stereocenters. The molecule has 1 aromatic rings. The van der Waals surface area contributed by atoms with Gasteiger partial charge in [0.2, 0.25) is 11.8 Å². The molecule has 0 bridgehead atoms. The molecule has 0 radical (unpaired) electrons. The third-order valence-electron chi connectivity index (χ3n) is 4.77. The highest BCUT2D eigenvalue weighted by Gasteiger charge is 2.32.